The quantitative estimate of drug-likeness (QED) is 0.0270. The Morgan fingerprint density at radius 2 is 1.02 bits per heavy atom. The fraction of sp³-hybridized carbons (Fsp3) is 0.745. The van der Waals surface area contributed by atoms with Gasteiger partial charge in [-0.3, -0.25) is 4.79 Å². The summed E-state index contributed by atoms with van der Waals surface area (Å²) < 4.78 is 22.8. The largest absolute Gasteiger partial charge is 0.457 e. The fourth-order valence-corrected chi connectivity index (χ4v) is 6.87. The normalized spacial score (nSPS) is 20.7. The third-order valence-corrected chi connectivity index (χ3v) is 10.6. The topological polar surface area (TPSA) is 135 Å². The molecule has 1 saturated heterocycles. The van der Waals surface area contributed by atoms with E-state index in [0.717, 1.165) is 96.3 Å². The highest BCUT2D eigenvalue weighted by Crippen LogP contribution is 2.22. The summed E-state index contributed by atoms with van der Waals surface area (Å²) in [6.45, 7) is 4.39. The summed E-state index contributed by atoms with van der Waals surface area (Å²) in [4.78, 5) is 12.8. The molecule has 9 heteroatoms. The van der Waals surface area contributed by atoms with Crippen molar-refractivity contribution in [1.82, 2.24) is 0 Å². The van der Waals surface area contributed by atoms with Crippen LogP contribution in [0.2, 0.25) is 0 Å². The summed E-state index contributed by atoms with van der Waals surface area (Å²) in [5.74, 6) is -0.329. The number of aliphatic hydroxyl groups excluding tert-OH is 4. The van der Waals surface area contributed by atoms with E-state index in [0.29, 0.717) is 13.0 Å². The summed E-state index contributed by atoms with van der Waals surface area (Å²) in [5.41, 5.74) is 0. The minimum Gasteiger partial charge on any atom is -0.457 e. The van der Waals surface area contributed by atoms with Crippen molar-refractivity contribution >= 4 is 5.97 Å². The van der Waals surface area contributed by atoms with Crippen molar-refractivity contribution in [2.75, 3.05) is 26.4 Å². The summed E-state index contributed by atoms with van der Waals surface area (Å²) in [6.07, 6.45) is 47.9. The van der Waals surface area contributed by atoms with Crippen molar-refractivity contribution in [2.45, 2.75) is 218 Å². The Morgan fingerprint density at radius 3 is 1.55 bits per heavy atom. The van der Waals surface area contributed by atoms with Gasteiger partial charge in [0.05, 0.1) is 19.8 Å². The molecule has 60 heavy (non-hydrogen) atoms. The van der Waals surface area contributed by atoms with Gasteiger partial charge in [-0.1, -0.05) is 164 Å². The second-order valence-electron chi connectivity index (χ2n) is 16.2. The van der Waals surface area contributed by atoms with Crippen LogP contribution in [-0.4, -0.2) is 89.6 Å². The Balaban J connectivity index is 2.22. The van der Waals surface area contributed by atoms with Crippen molar-refractivity contribution in [2.24, 2.45) is 0 Å². The van der Waals surface area contributed by atoms with Gasteiger partial charge in [0.15, 0.2) is 6.29 Å². The Morgan fingerprint density at radius 1 is 0.550 bits per heavy atom. The van der Waals surface area contributed by atoms with E-state index >= 15 is 0 Å². The highest BCUT2D eigenvalue weighted by Gasteiger charge is 2.44. The lowest BCUT2D eigenvalue weighted by molar-refractivity contribution is -0.305. The molecule has 4 N–H and O–H groups in total. The maximum atomic E-state index is 12.8. The number of aliphatic hydroxyl groups is 4. The zero-order valence-electron chi connectivity index (χ0n) is 37.9. The molecule has 1 aliphatic rings. The van der Waals surface area contributed by atoms with Crippen LogP contribution in [0.25, 0.3) is 0 Å². The van der Waals surface area contributed by atoms with Crippen LogP contribution in [0.15, 0.2) is 72.9 Å². The number of hydrogen-bond acceptors (Lipinski definition) is 9. The Labute approximate surface area is 366 Å². The molecule has 1 fully saturated rings. The van der Waals surface area contributed by atoms with Gasteiger partial charge in [0.2, 0.25) is 0 Å². The zero-order valence-corrected chi connectivity index (χ0v) is 37.9. The summed E-state index contributed by atoms with van der Waals surface area (Å²) in [6, 6.07) is 0. The second-order valence-corrected chi connectivity index (χ2v) is 16.2. The average Bonchev–Trinajstić information content (AvgIpc) is 3.25. The zero-order chi connectivity index (χ0) is 43.6. The highest BCUT2D eigenvalue weighted by atomic mass is 16.7. The maximum Gasteiger partial charge on any atom is 0.306 e. The molecule has 6 unspecified atom stereocenters. The maximum absolute atomic E-state index is 12.8. The highest BCUT2D eigenvalue weighted by molar-refractivity contribution is 5.69. The van der Waals surface area contributed by atoms with Gasteiger partial charge in [-0.05, 0) is 83.5 Å². The van der Waals surface area contributed by atoms with Gasteiger partial charge < -0.3 is 39.4 Å². The van der Waals surface area contributed by atoms with Crippen LogP contribution < -0.4 is 0 Å². The minimum atomic E-state index is -1.54. The third kappa shape index (κ3) is 32.4. The molecule has 0 bridgehead atoms. The van der Waals surface area contributed by atoms with Crippen LogP contribution in [0.4, 0.5) is 0 Å². The van der Waals surface area contributed by atoms with Crippen molar-refractivity contribution in [3.8, 4) is 0 Å². The van der Waals surface area contributed by atoms with Gasteiger partial charge in [-0.15, -0.1) is 0 Å². The molecule has 0 aromatic rings. The van der Waals surface area contributed by atoms with Gasteiger partial charge in [-0.2, -0.15) is 0 Å². The smallest absolute Gasteiger partial charge is 0.306 e. The number of unbranched alkanes of at least 4 members (excludes halogenated alkanes) is 17. The van der Waals surface area contributed by atoms with Gasteiger partial charge in [-0.25, -0.2) is 0 Å². The molecule has 0 aromatic carbocycles. The lowest BCUT2D eigenvalue weighted by Crippen LogP contribution is -2.59. The van der Waals surface area contributed by atoms with E-state index in [4.69, 9.17) is 18.9 Å². The van der Waals surface area contributed by atoms with Crippen LogP contribution in [0.3, 0.4) is 0 Å². The SMILES string of the molecule is CC/C=C\C/C=C\C/C=C\C/C=C\C/C=C\CCCCCCCCCCOCC(COC1OC(CO)C(O)C(O)C1O)OC(=O)CCCCCCC/C=C\CCCCCC. The number of allylic oxidation sites excluding steroid dienone is 12. The molecule has 0 radical (unpaired) electrons. The van der Waals surface area contributed by atoms with Crippen LogP contribution in [0.5, 0.6) is 0 Å². The number of ether oxygens (including phenoxy) is 4. The molecular weight excluding hydrogens is 757 g/mol. The lowest BCUT2D eigenvalue weighted by atomic mass is 9.99. The van der Waals surface area contributed by atoms with Crippen LogP contribution in [-0.2, 0) is 23.7 Å². The standard InChI is InChI=1S/C51H88O9/c1-3-5-7-9-11-13-15-17-18-19-20-21-22-23-24-25-26-27-29-31-33-35-37-39-41-57-43-45(44-58-51-50(56)49(55)48(54)46(42-52)60-51)59-47(53)40-38-36-34-32-30-28-16-14-12-10-8-6-4-2/h5,7,11,13-14,16-18,20-21,23-24,45-46,48-52,54-56H,3-4,6,8-10,12,15,19,22,25-44H2,1-2H3/b7-5-,13-11-,16-14-,18-17-,21-20-,24-23-. The van der Waals surface area contributed by atoms with E-state index < -0.39 is 43.4 Å². The van der Waals surface area contributed by atoms with Crippen LogP contribution in [0, 0.1) is 0 Å². The molecule has 1 heterocycles. The first-order valence-electron chi connectivity index (χ1n) is 24.0. The summed E-state index contributed by atoms with van der Waals surface area (Å²) >= 11 is 0. The molecule has 346 valence electrons. The van der Waals surface area contributed by atoms with Gasteiger partial charge in [0.1, 0.15) is 30.5 Å². The summed E-state index contributed by atoms with van der Waals surface area (Å²) in [7, 11) is 0. The first kappa shape index (κ1) is 55.6. The molecule has 0 aliphatic carbocycles. The molecule has 1 aliphatic heterocycles. The van der Waals surface area contributed by atoms with Gasteiger partial charge >= 0.3 is 5.97 Å². The molecule has 0 amide bonds. The first-order chi connectivity index (χ1) is 29.4. The fourth-order valence-electron chi connectivity index (χ4n) is 6.87. The van der Waals surface area contributed by atoms with E-state index in [1.807, 2.05) is 0 Å². The number of rotatable bonds is 40. The molecule has 6 atom stereocenters. The number of esters is 1. The Bertz CT molecular complexity index is 1140. The van der Waals surface area contributed by atoms with E-state index in [2.05, 4.69) is 86.8 Å². The third-order valence-electron chi connectivity index (χ3n) is 10.6. The van der Waals surface area contributed by atoms with Crippen LogP contribution in [0.1, 0.15) is 181 Å². The predicted molar refractivity (Wildman–Crippen MR) is 247 cm³/mol. The van der Waals surface area contributed by atoms with Gasteiger partial charge in [0, 0.05) is 13.0 Å². The first-order valence-corrected chi connectivity index (χ1v) is 24.0. The number of carbonyl (C=O) groups excluding carboxylic acids is 1. The Hall–Kier alpha value is -2.37. The van der Waals surface area contributed by atoms with Crippen molar-refractivity contribution in [3.05, 3.63) is 72.9 Å². The molecule has 0 aromatic heterocycles. The van der Waals surface area contributed by atoms with Crippen LogP contribution >= 0.6 is 0 Å². The Kier molecular flexibility index (Phi) is 38.9. The molecule has 9 nitrogen and oxygen atoms in total. The van der Waals surface area contributed by atoms with Crippen molar-refractivity contribution in [3.63, 3.8) is 0 Å². The average molecular weight is 845 g/mol. The van der Waals surface area contributed by atoms with Crippen molar-refractivity contribution < 1.29 is 44.2 Å². The van der Waals surface area contributed by atoms with E-state index in [9.17, 15) is 25.2 Å². The van der Waals surface area contributed by atoms with Gasteiger partial charge in [0.25, 0.3) is 0 Å². The predicted octanol–water partition coefficient (Wildman–Crippen LogP) is 11.3. The second kappa shape index (κ2) is 42.0. The number of carbonyl (C=O) groups is 1. The lowest BCUT2D eigenvalue weighted by Gasteiger charge is -2.39. The minimum absolute atomic E-state index is 0.123. The van der Waals surface area contributed by atoms with E-state index in [-0.39, 0.29) is 19.2 Å². The summed E-state index contributed by atoms with van der Waals surface area (Å²) in [5, 5.41) is 40.1. The van der Waals surface area contributed by atoms with E-state index in [1.54, 1.807) is 0 Å². The molecular formula is C51H88O9. The number of hydrogen-bond donors (Lipinski definition) is 4. The monoisotopic (exact) mass is 845 g/mol. The molecule has 0 spiro atoms. The van der Waals surface area contributed by atoms with Crippen molar-refractivity contribution in [1.29, 1.82) is 0 Å². The van der Waals surface area contributed by atoms with E-state index in [1.165, 1.54) is 64.2 Å². The molecule has 0 saturated carbocycles. The molecule has 1 rings (SSSR count).